The van der Waals surface area contributed by atoms with E-state index in [4.69, 9.17) is 4.74 Å². The zero-order valence-electron chi connectivity index (χ0n) is 9.76. The van der Waals surface area contributed by atoms with Crippen molar-refractivity contribution in [1.82, 2.24) is 9.97 Å². The van der Waals surface area contributed by atoms with Crippen LogP contribution in [0.15, 0.2) is 41.0 Å². The lowest BCUT2D eigenvalue weighted by Crippen LogP contribution is -2.07. The molecular weight excluding hydrogens is 296 g/mol. The minimum Gasteiger partial charge on any atom is -0.461 e. The average Bonchev–Trinajstić information content (AvgIpc) is 2.39. The van der Waals surface area contributed by atoms with Crippen LogP contribution in [0, 0.1) is 0 Å². The van der Waals surface area contributed by atoms with Gasteiger partial charge in [-0.1, -0.05) is 12.1 Å². The molecule has 2 aromatic heterocycles. The van der Waals surface area contributed by atoms with Crippen LogP contribution in [-0.2, 0) is 4.74 Å². The van der Waals surface area contributed by atoms with Crippen LogP contribution in [0.1, 0.15) is 17.4 Å². The third kappa shape index (κ3) is 2.92. The van der Waals surface area contributed by atoms with Crippen molar-refractivity contribution >= 4 is 21.9 Å². The normalized spacial score (nSPS) is 10.1. The van der Waals surface area contributed by atoms with Crippen LogP contribution in [0.4, 0.5) is 0 Å². The molecule has 4 nitrogen and oxygen atoms in total. The fourth-order valence-corrected chi connectivity index (χ4v) is 1.79. The molecule has 0 fully saturated rings. The molecule has 0 amide bonds. The van der Waals surface area contributed by atoms with Gasteiger partial charge in [-0.25, -0.2) is 14.8 Å². The van der Waals surface area contributed by atoms with Crippen LogP contribution in [0.5, 0.6) is 0 Å². The number of pyridine rings is 2. The summed E-state index contributed by atoms with van der Waals surface area (Å²) in [7, 11) is 0. The summed E-state index contributed by atoms with van der Waals surface area (Å²) in [5.41, 5.74) is 1.63. The van der Waals surface area contributed by atoms with Crippen molar-refractivity contribution in [2.45, 2.75) is 6.92 Å². The van der Waals surface area contributed by atoms with Gasteiger partial charge in [0.25, 0.3) is 0 Å². The number of aromatic nitrogens is 2. The van der Waals surface area contributed by atoms with Gasteiger partial charge in [0.15, 0.2) is 0 Å². The summed E-state index contributed by atoms with van der Waals surface area (Å²) < 4.78 is 5.64. The van der Waals surface area contributed by atoms with Gasteiger partial charge in [-0.05, 0) is 47.1 Å². The molecule has 0 radical (unpaired) electrons. The Morgan fingerprint density at radius 2 is 1.83 bits per heavy atom. The van der Waals surface area contributed by atoms with Crippen molar-refractivity contribution in [1.29, 1.82) is 0 Å². The lowest BCUT2D eigenvalue weighted by Gasteiger charge is -2.04. The van der Waals surface area contributed by atoms with E-state index in [0.717, 1.165) is 4.60 Å². The van der Waals surface area contributed by atoms with Crippen molar-refractivity contribution in [3.05, 3.63) is 46.7 Å². The molecule has 0 aromatic carbocycles. The second-order valence-electron chi connectivity index (χ2n) is 3.47. The molecule has 0 saturated carbocycles. The van der Waals surface area contributed by atoms with Gasteiger partial charge in [0.05, 0.1) is 18.0 Å². The number of halogens is 1. The van der Waals surface area contributed by atoms with Crippen LogP contribution in [-0.4, -0.2) is 22.5 Å². The lowest BCUT2D eigenvalue weighted by molar-refractivity contribution is 0.0519. The first-order chi connectivity index (χ1) is 8.70. The molecule has 0 atom stereocenters. The van der Waals surface area contributed by atoms with Crippen LogP contribution < -0.4 is 0 Å². The SMILES string of the molecule is CCOC(=O)c1cccc(-c2cccc(Br)n2)n1. The van der Waals surface area contributed by atoms with Crippen LogP contribution in [0.3, 0.4) is 0 Å². The lowest BCUT2D eigenvalue weighted by atomic mass is 10.2. The molecule has 0 saturated heterocycles. The van der Waals surface area contributed by atoms with Crippen LogP contribution in [0.2, 0.25) is 0 Å². The fourth-order valence-electron chi connectivity index (χ4n) is 1.45. The number of carbonyl (C=O) groups is 1. The summed E-state index contributed by atoms with van der Waals surface area (Å²) in [6.45, 7) is 2.09. The highest BCUT2D eigenvalue weighted by molar-refractivity contribution is 9.10. The number of rotatable bonds is 3. The van der Waals surface area contributed by atoms with Gasteiger partial charge in [0, 0.05) is 0 Å². The molecule has 0 N–H and O–H groups in total. The first kappa shape index (κ1) is 12.7. The van der Waals surface area contributed by atoms with Gasteiger partial charge in [-0.3, -0.25) is 0 Å². The third-order valence-electron chi connectivity index (χ3n) is 2.21. The molecule has 0 aliphatic heterocycles. The van der Waals surface area contributed by atoms with Gasteiger partial charge in [-0.15, -0.1) is 0 Å². The summed E-state index contributed by atoms with van der Waals surface area (Å²) in [4.78, 5) is 20.1. The van der Waals surface area contributed by atoms with E-state index in [-0.39, 0.29) is 5.69 Å². The Balaban J connectivity index is 2.35. The van der Waals surface area contributed by atoms with Gasteiger partial charge in [0.1, 0.15) is 10.3 Å². The van der Waals surface area contributed by atoms with Gasteiger partial charge < -0.3 is 4.74 Å². The maximum atomic E-state index is 11.6. The molecule has 0 spiro atoms. The molecule has 92 valence electrons. The smallest absolute Gasteiger partial charge is 0.356 e. The molecule has 0 unspecified atom stereocenters. The molecule has 0 aliphatic carbocycles. The van der Waals surface area contributed by atoms with Gasteiger partial charge in [0.2, 0.25) is 0 Å². The monoisotopic (exact) mass is 306 g/mol. The van der Waals surface area contributed by atoms with Crippen LogP contribution >= 0.6 is 15.9 Å². The second-order valence-corrected chi connectivity index (χ2v) is 4.29. The number of hydrogen-bond donors (Lipinski definition) is 0. The second kappa shape index (κ2) is 5.73. The summed E-state index contributed by atoms with van der Waals surface area (Å²) >= 11 is 3.30. The topological polar surface area (TPSA) is 52.1 Å². The number of ether oxygens (including phenoxy) is 1. The summed E-state index contributed by atoms with van der Waals surface area (Å²) in [6, 6.07) is 10.7. The first-order valence-corrected chi connectivity index (χ1v) is 6.27. The quantitative estimate of drug-likeness (QED) is 0.646. The van der Waals surface area contributed by atoms with E-state index in [2.05, 4.69) is 25.9 Å². The van der Waals surface area contributed by atoms with E-state index in [1.165, 1.54) is 0 Å². The number of carbonyl (C=O) groups excluding carboxylic acids is 1. The highest BCUT2D eigenvalue weighted by atomic mass is 79.9. The van der Waals surface area contributed by atoms with Crippen molar-refractivity contribution in [3.63, 3.8) is 0 Å². The first-order valence-electron chi connectivity index (χ1n) is 5.48. The Labute approximate surface area is 113 Å². The zero-order chi connectivity index (χ0) is 13.0. The average molecular weight is 307 g/mol. The maximum Gasteiger partial charge on any atom is 0.356 e. The molecule has 2 rings (SSSR count). The summed E-state index contributed by atoms with van der Waals surface area (Å²) in [5, 5.41) is 0. The van der Waals surface area contributed by atoms with E-state index in [9.17, 15) is 4.79 Å². The van der Waals surface area contributed by atoms with E-state index in [1.54, 1.807) is 25.1 Å². The minimum absolute atomic E-state index is 0.288. The predicted molar refractivity (Wildman–Crippen MR) is 71.1 cm³/mol. The maximum absolute atomic E-state index is 11.6. The highest BCUT2D eigenvalue weighted by Crippen LogP contribution is 2.17. The van der Waals surface area contributed by atoms with E-state index >= 15 is 0 Å². The molecule has 2 aromatic rings. The van der Waals surface area contributed by atoms with Crippen LogP contribution in [0.25, 0.3) is 11.4 Å². The molecule has 2 heterocycles. The summed E-state index contributed by atoms with van der Waals surface area (Å²) in [5.74, 6) is -0.422. The number of nitrogens with zero attached hydrogens (tertiary/aromatic N) is 2. The third-order valence-corrected chi connectivity index (χ3v) is 2.65. The summed E-state index contributed by atoms with van der Waals surface area (Å²) in [6.07, 6.45) is 0. The Hall–Kier alpha value is -1.75. The standard InChI is InChI=1S/C13H11BrN2O2/c1-2-18-13(17)11-7-3-5-9(15-11)10-6-4-8-12(14)16-10/h3-8H,2H2,1H3. The van der Waals surface area contributed by atoms with Crippen molar-refractivity contribution < 1.29 is 9.53 Å². The van der Waals surface area contributed by atoms with Gasteiger partial charge >= 0.3 is 5.97 Å². The Morgan fingerprint density at radius 3 is 2.50 bits per heavy atom. The van der Waals surface area contributed by atoms with Gasteiger partial charge in [-0.2, -0.15) is 0 Å². The molecular formula is C13H11BrN2O2. The van der Waals surface area contributed by atoms with Crippen molar-refractivity contribution in [2.24, 2.45) is 0 Å². The van der Waals surface area contributed by atoms with E-state index < -0.39 is 5.97 Å². The Kier molecular flexibility index (Phi) is 4.04. The minimum atomic E-state index is -0.422. The Morgan fingerprint density at radius 1 is 1.17 bits per heavy atom. The van der Waals surface area contributed by atoms with Crippen molar-refractivity contribution in [3.8, 4) is 11.4 Å². The van der Waals surface area contributed by atoms with Crippen molar-refractivity contribution in [2.75, 3.05) is 6.61 Å². The zero-order valence-corrected chi connectivity index (χ0v) is 11.3. The molecule has 5 heteroatoms. The van der Waals surface area contributed by atoms with E-state index in [1.807, 2.05) is 18.2 Å². The molecule has 18 heavy (non-hydrogen) atoms. The molecule has 0 bridgehead atoms. The predicted octanol–water partition coefficient (Wildman–Crippen LogP) is 3.08. The largest absolute Gasteiger partial charge is 0.461 e. The fraction of sp³-hybridized carbons (Fsp3) is 0.154. The molecule has 0 aliphatic rings. The Bertz CT molecular complexity index is 572. The number of hydrogen-bond acceptors (Lipinski definition) is 4. The van der Waals surface area contributed by atoms with E-state index in [0.29, 0.717) is 18.0 Å². The number of esters is 1. The highest BCUT2D eigenvalue weighted by Gasteiger charge is 2.10.